The van der Waals surface area contributed by atoms with E-state index in [1.54, 1.807) is 18.2 Å². The van der Waals surface area contributed by atoms with Crippen LogP contribution in [0.15, 0.2) is 66.0 Å². The van der Waals surface area contributed by atoms with Gasteiger partial charge in [0, 0.05) is 5.56 Å². The highest BCUT2D eigenvalue weighted by Crippen LogP contribution is 2.19. The second-order valence-corrected chi connectivity index (χ2v) is 6.80. The molecule has 4 rings (SSSR count). The molecule has 2 aromatic heterocycles. The molecule has 0 fully saturated rings. The van der Waals surface area contributed by atoms with Crippen molar-refractivity contribution < 1.29 is 9.18 Å². The lowest BCUT2D eigenvalue weighted by Crippen LogP contribution is -2.24. The molecule has 130 valence electrons. The Morgan fingerprint density at radius 2 is 1.88 bits per heavy atom. The molecule has 0 radical (unpaired) electrons. The third-order valence-corrected chi connectivity index (χ3v) is 5.04. The van der Waals surface area contributed by atoms with E-state index in [-0.39, 0.29) is 18.3 Å². The summed E-state index contributed by atoms with van der Waals surface area (Å²) in [6.07, 6.45) is 0. The molecule has 6 heteroatoms. The average molecular weight is 365 g/mol. The Bertz CT molecular complexity index is 1060. The number of thiophene rings is 1. The van der Waals surface area contributed by atoms with Gasteiger partial charge in [0.25, 0.3) is 5.91 Å². The van der Waals surface area contributed by atoms with Gasteiger partial charge in [-0.1, -0.05) is 36.4 Å². The van der Waals surface area contributed by atoms with Crippen LogP contribution in [0.5, 0.6) is 0 Å². The van der Waals surface area contributed by atoms with Crippen LogP contribution in [0, 0.1) is 5.82 Å². The second-order valence-electron chi connectivity index (χ2n) is 5.85. The van der Waals surface area contributed by atoms with Gasteiger partial charge < -0.3 is 9.88 Å². The normalized spacial score (nSPS) is 11.0. The number of fused-ring (bicyclic) bond motifs is 1. The Morgan fingerprint density at radius 3 is 2.69 bits per heavy atom. The molecule has 26 heavy (non-hydrogen) atoms. The molecule has 0 aliphatic carbocycles. The highest BCUT2D eigenvalue weighted by atomic mass is 32.1. The second kappa shape index (κ2) is 7.09. The largest absolute Gasteiger partial charge is 0.344 e. The molecule has 0 bridgehead atoms. The Kier molecular flexibility index (Phi) is 4.50. The Morgan fingerprint density at radius 1 is 1.08 bits per heavy atom. The molecule has 4 nitrogen and oxygen atoms in total. The van der Waals surface area contributed by atoms with Crippen LogP contribution in [0.1, 0.15) is 21.1 Å². The maximum atomic E-state index is 14.1. The third kappa shape index (κ3) is 3.23. The number of hydrogen-bond donors (Lipinski definition) is 1. The molecule has 2 aromatic carbocycles. The van der Waals surface area contributed by atoms with Crippen LogP contribution in [0.3, 0.4) is 0 Å². The van der Waals surface area contributed by atoms with Gasteiger partial charge in [0.2, 0.25) is 0 Å². The van der Waals surface area contributed by atoms with Crippen molar-refractivity contribution in [2.24, 2.45) is 0 Å². The summed E-state index contributed by atoms with van der Waals surface area (Å²) < 4.78 is 16.1. The zero-order valence-electron chi connectivity index (χ0n) is 13.9. The SMILES string of the molecule is O=C(NCc1nc2ccccc2n1Cc1ccccc1F)c1cccs1. The molecule has 2 heterocycles. The monoisotopic (exact) mass is 365 g/mol. The van der Waals surface area contributed by atoms with Gasteiger partial charge in [0.05, 0.1) is 29.0 Å². The molecule has 1 amide bonds. The number of para-hydroxylation sites is 2. The van der Waals surface area contributed by atoms with Crippen molar-refractivity contribution in [1.29, 1.82) is 0 Å². The lowest BCUT2D eigenvalue weighted by molar-refractivity contribution is 0.0953. The van der Waals surface area contributed by atoms with Gasteiger partial charge in [-0.25, -0.2) is 9.37 Å². The number of benzene rings is 2. The Balaban J connectivity index is 1.65. The minimum atomic E-state index is -0.251. The van der Waals surface area contributed by atoms with Crippen molar-refractivity contribution in [3.05, 3.63) is 88.1 Å². The topological polar surface area (TPSA) is 46.9 Å². The quantitative estimate of drug-likeness (QED) is 0.576. The number of carbonyl (C=O) groups is 1. The first-order chi connectivity index (χ1) is 12.7. The molecular weight excluding hydrogens is 349 g/mol. The van der Waals surface area contributed by atoms with E-state index in [4.69, 9.17) is 0 Å². The number of halogens is 1. The highest BCUT2D eigenvalue weighted by Gasteiger charge is 2.14. The van der Waals surface area contributed by atoms with Gasteiger partial charge in [-0.3, -0.25) is 4.79 Å². The molecular formula is C20H16FN3OS. The molecule has 0 atom stereocenters. The molecule has 0 unspecified atom stereocenters. The van der Waals surface area contributed by atoms with Gasteiger partial charge in [-0.2, -0.15) is 0 Å². The number of amides is 1. The average Bonchev–Trinajstić information content (AvgIpc) is 3.30. The summed E-state index contributed by atoms with van der Waals surface area (Å²) in [7, 11) is 0. The minimum absolute atomic E-state index is 0.135. The predicted octanol–water partition coefficient (Wildman–Crippen LogP) is 4.22. The van der Waals surface area contributed by atoms with Crippen molar-refractivity contribution in [1.82, 2.24) is 14.9 Å². The van der Waals surface area contributed by atoms with Crippen molar-refractivity contribution in [3.63, 3.8) is 0 Å². The molecule has 1 N–H and O–H groups in total. The third-order valence-electron chi connectivity index (χ3n) is 4.17. The molecule has 0 spiro atoms. The lowest BCUT2D eigenvalue weighted by Gasteiger charge is -2.11. The smallest absolute Gasteiger partial charge is 0.261 e. The first-order valence-corrected chi connectivity index (χ1v) is 9.09. The van der Waals surface area contributed by atoms with E-state index in [1.807, 2.05) is 46.3 Å². The maximum Gasteiger partial charge on any atom is 0.261 e. The molecule has 4 aromatic rings. The number of nitrogens with zero attached hydrogens (tertiary/aromatic N) is 2. The number of carbonyl (C=O) groups excluding carboxylic acids is 1. The molecule has 0 saturated carbocycles. The van der Waals surface area contributed by atoms with E-state index in [0.717, 1.165) is 11.0 Å². The van der Waals surface area contributed by atoms with Crippen LogP contribution in [0.25, 0.3) is 11.0 Å². The van der Waals surface area contributed by atoms with Crippen LogP contribution < -0.4 is 5.32 Å². The number of aromatic nitrogens is 2. The molecule has 0 saturated heterocycles. The van der Waals surface area contributed by atoms with E-state index in [0.29, 0.717) is 22.8 Å². The first-order valence-electron chi connectivity index (χ1n) is 8.21. The zero-order valence-corrected chi connectivity index (χ0v) is 14.7. The fourth-order valence-corrected chi connectivity index (χ4v) is 3.53. The Labute approximate surface area is 153 Å². The summed E-state index contributed by atoms with van der Waals surface area (Å²) >= 11 is 1.39. The summed E-state index contributed by atoms with van der Waals surface area (Å²) in [6, 6.07) is 18.0. The van der Waals surface area contributed by atoms with Crippen LogP contribution in [0.2, 0.25) is 0 Å². The molecule has 0 aliphatic rings. The summed E-state index contributed by atoms with van der Waals surface area (Å²) in [5.41, 5.74) is 2.32. The van der Waals surface area contributed by atoms with Crippen LogP contribution in [-0.2, 0) is 13.1 Å². The van der Waals surface area contributed by atoms with E-state index in [2.05, 4.69) is 10.3 Å². The van der Waals surface area contributed by atoms with Gasteiger partial charge in [-0.15, -0.1) is 11.3 Å². The number of rotatable bonds is 5. The van der Waals surface area contributed by atoms with Gasteiger partial charge in [0.1, 0.15) is 11.6 Å². The van der Waals surface area contributed by atoms with Crippen molar-refractivity contribution >= 4 is 28.3 Å². The van der Waals surface area contributed by atoms with E-state index < -0.39 is 0 Å². The highest BCUT2D eigenvalue weighted by molar-refractivity contribution is 7.12. The van der Waals surface area contributed by atoms with Gasteiger partial charge in [0.15, 0.2) is 0 Å². The predicted molar refractivity (Wildman–Crippen MR) is 101 cm³/mol. The molecule has 0 aliphatic heterocycles. The van der Waals surface area contributed by atoms with Gasteiger partial charge >= 0.3 is 0 Å². The summed E-state index contributed by atoms with van der Waals surface area (Å²) in [5.74, 6) is 0.308. The van der Waals surface area contributed by atoms with Crippen molar-refractivity contribution in [3.8, 4) is 0 Å². The summed E-state index contributed by atoms with van der Waals surface area (Å²) in [5, 5.41) is 4.76. The van der Waals surface area contributed by atoms with E-state index in [1.165, 1.54) is 17.4 Å². The number of nitrogens with one attached hydrogen (secondary N) is 1. The fourth-order valence-electron chi connectivity index (χ4n) is 2.89. The first kappa shape index (κ1) is 16.5. The number of imidazole rings is 1. The maximum absolute atomic E-state index is 14.1. The van der Waals surface area contributed by atoms with Crippen LogP contribution in [-0.4, -0.2) is 15.5 Å². The summed E-state index contributed by atoms with van der Waals surface area (Å²) in [4.78, 5) is 17.5. The lowest BCUT2D eigenvalue weighted by atomic mass is 10.2. The fraction of sp³-hybridized carbons (Fsp3) is 0.100. The standard InChI is InChI=1S/C20H16FN3OS/c21-15-7-2-1-6-14(15)13-24-17-9-4-3-8-16(17)23-19(24)12-22-20(25)18-10-5-11-26-18/h1-11H,12-13H2,(H,22,25). The van der Waals surface area contributed by atoms with Gasteiger partial charge in [-0.05, 0) is 29.6 Å². The van der Waals surface area contributed by atoms with Crippen molar-refractivity contribution in [2.75, 3.05) is 0 Å². The zero-order chi connectivity index (χ0) is 17.9. The summed E-state index contributed by atoms with van der Waals surface area (Å²) in [6.45, 7) is 0.636. The number of hydrogen-bond acceptors (Lipinski definition) is 3. The van der Waals surface area contributed by atoms with Crippen molar-refractivity contribution in [2.45, 2.75) is 13.1 Å². The van der Waals surface area contributed by atoms with Crippen LogP contribution >= 0.6 is 11.3 Å². The van der Waals surface area contributed by atoms with E-state index in [9.17, 15) is 9.18 Å². The van der Waals surface area contributed by atoms with E-state index >= 15 is 0 Å². The minimum Gasteiger partial charge on any atom is -0.344 e. The Hall–Kier alpha value is -2.99. The van der Waals surface area contributed by atoms with Crippen LogP contribution in [0.4, 0.5) is 4.39 Å².